The maximum absolute atomic E-state index is 9.87. The minimum absolute atomic E-state index is 0.0103. The van der Waals surface area contributed by atoms with Gasteiger partial charge in [-0.2, -0.15) is 0 Å². The molecule has 2 atom stereocenters. The van der Waals surface area contributed by atoms with Crippen LogP contribution in [0.4, 0.5) is 0 Å². The quantitative estimate of drug-likeness (QED) is 0.826. The van der Waals surface area contributed by atoms with Crippen LogP contribution < -0.4 is 0 Å². The van der Waals surface area contributed by atoms with Gasteiger partial charge in [-0.05, 0) is 38.9 Å². The normalized spacial score (nSPS) is 14.9. The molecular weight excluding hydrogens is 214 g/mol. The molecule has 17 heavy (non-hydrogen) atoms. The molecule has 2 unspecified atom stereocenters. The molecule has 0 spiro atoms. The lowest BCUT2D eigenvalue weighted by Crippen LogP contribution is -2.34. The Balaban J connectivity index is 3.05. The average Bonchev–Trinajstić information content (AvgIpc) is 2.29. The van der Waals surface area contributed by atoms with Gasteiger partial charge in [0.2, 0.25) is 0 Å². The molecule has 0 fully saturated rings. The molecule has 0 radical (unpaired) electrons. The fourth-order valence-electron chi connectivity index (χ4n) is 2.34. The number of benzene rings is 1. The number of phenols is 2. The molecule has 96 valence electrons. The van der Waals surface area contributed by atoms with Crippen LogP contribution in [0.15, 0.2) is 18.2 Å². The van der Waals surface area contributed by atoms with Crippen molar-refractivity contribution >= 4 is 0 Å². The molecule has 0 bridgehead atoms. The Hall–Kier alpha value is -1.22. The molecule has 3 heteroatoms. The molecule has 0 aliphatic carbocycles. The van der Waals surface area contributed by atoms with E-state index in [-0.39, 0.29) is 17.5 Å². The van der Waals surface area contributed by atoms with Gasteiger partial charge in [0.05, 0.1) is 5.56 Å². The SMILES string of the molecule is CCC(C)N(CC)C(C)c1c(O)cccc1O. The lowest BCUT2D eigenvalue weighted by Gasteiger charge is -2.33. The van der Waals surface area contributed by atoms with E-state index in [9.17, 15) is 10.2 Å². The zero-order chi connectivity index (χ0) is 13.0. The van der Waals surface area contributed by atoms with E-state index >= 15 is 0 Å². The predicted molar refractivity (Wildman–Crippen MR) is 70.3 cm³/mol. The average molecular weight is 237 g/mol. The van der Waals surface area contributed by atoms with Crippen molar-refractivity contribution in [3.05, 3.63) is 23.8 Å². The van der Waals surface area contributed by atoms with Crippen molar-refractivity contribution in [3.63, 3.8) is 0 Å². The third kappa shape index (κ3) is 2.91. The van der Waals surface area contributed by atoms with Gasteiger partial charge >= 0.3 is 0 Å². The van der Waals surface area contributed by atoms with E-state index in [1.54, 1.807) is 18.2 Å². The molecule has 0 heterocycles. The van der Waals surface area contributed by atoms with E-state index in [0.717, 1.165) is 13.0 Å². The summed E-state index contributed by atoms with van der Waals surface area (Å²) in [6.45, 7) is 9.32. The van der Waals surface area contributed by atoms with Crippen molar-refractivity contribution < 1.29 is 10.2 Å². The second-order valence-corrected chi connectivity index (χ2v) is 4.47. The summed E-state index contributed by atoms with van der Waals surface area (Å²) in [7, 11) is 0. The van der Waals surface area contributed by atoms with Gasteiger partial charge in [-0.15, -0.1) is 0 Å². The highest BCUT2D eigenvalue weighted by atomic mass is 16.3. The highest BCUT2D eigenvalue weighted by molar-refractivity contribution is 5.45. The van der Waals surface area contributed by atoms with E-state index in [0.29, 0.717) is 11.6 Å². The topological polar surface area (TPSA) is 43.7 Å². The predicted octanol–water partition coefficient (Wildman–Crippen LogP) is 3.28. The van der Waals surface area contributed by atoms with Crippen LogP contribution in [0.2, 0.25) is 0 Å². The first-order valence-corrected chi connectivity index (χ1v) is 6.29. The van der Waals surface area contributed by atoms with Crippen LogP contribution in [0.5, 0.6) is 11.5 Å². The first-order chi connectivity index (χ1) is 8.02. The minimum atomic E-state index is 0.0103. The van der Waals surface area contributed by atoms with E-state index < -0.39 is 0 Å². The molecule has 0 aromatic heterocycles. The van der Waals surface area contributed by atoms with E-state index in [1.165, 1.54) is 0 Å². The summed E-state index contributed by atoms with van der Waals surface area (Å²) in [6.07, 6.45) is 1.05. The molecule has 2 N–H and O–H groups in total. The molecule has 0 amide bonds. The number of hydrogen-bond donors (Lipinski definition) is 2. The third-order valence-corrected chi connectivity index (χ3v) is 3.50. The summed E-state index contributed by atoms with van der Waals surface area (Å²) in [5, 5.41) is 19.7. The summed E-state index contributed by atoms with van der Waals surface area (Å²) in [4.78, 5) is 2.27. The number of hydrogen-bond acceptors (Lipinski definition) is 3. The van der Waals surface area contributed by atoms with Gasteiger partial charge in [-0.3, -0.25) is 4.90 Å². The Kier molecular flexibility index (Phi) is 4.82. The second kappa shape index (κ2) is 5.92. The molecule has 1 aromatic carbocycles. The molecular formula is C14H23NO2. The first-order valence-electron chi connectivity index (χ1n) is 6.29. The Bertz CT molecular complexity index is 345. The molecule has 3 nitrogen and oxygen atoms in total. The maximum Gasteiger partial charge on any atom is 0.124 e. The number of nitrogens with zero attached hydrogens (tertiary/aromatic N) is 1. The summed E-state index contributed by atoms with van der Waals surface area (Å²) in [5.74, 6) is 0.332. The highest BCUT2D eigenvalue weighted by Crippen LogP contribution is 2.36. The van der Waals surface area contributed by atoms with Crippen LogP contribution in [0.1, 0.15) is 45.7 Å². The standard InChI is InChI=1S/C14H23NO2/c1-5-10(3)15(6-2)11(4)14-12(16)8-7-9-13(14)17/h7-11,16-17H,5-6H2,1-4H3. The van der Waals surface area contributed by atoms with Crippen LogP contribution in [-0.4, -0.2) is 27.7 Å². The van der Waals surface area contributed by atoms with E-state index in [1.807, 2.05) is 6.92 Å². The van der Waals surface area contributed by atoms with Gasteiger partial charge in [0.15, 0.2) is 0 Å². The monoisotopic (exact) mass is 237 g/mol. The molecule has 0 aliphatic heterocycles. The fraction of sp³-hybridized carbons (Fsp3) is 0.571. The van der Waals surface area contributed by atoms with Crippen molar-refractivity contribution in [2.45, 2.75) is 46.2 Å². The van der Waals surface area contributed by atoms with Crippen molar-refractivity contribution in [2.75, 3.05) is 6.54 Å². The van der Waals surface area contributed by atoms with Crippen LogP contribution in [0, 0.1) is 0 Å². The smallest absolute Gasteiger partial charge is 0.124 e. The lowest BCUT2D eigenvalue weighted by atomic mass is 10.0. The third-order valence-electron chi connectivity index (χ3n) is 3.50. The summed E-state index contributed by atoms with van der Waals surface area (Å²) in [5.41, 5.74) is 0.620. The first kappa shape index (κ1) is 13.8. The Morgan fingerprint density at radius 3 is 2.06 bits per heavy atom. The van der Waals surface area contributed by atoms with Crippen LogP contribution >= 0.6 is 0 Å². The minimum Gasteiger partial charge on any atom is -0.507 e. The van der Waals surface area contributed by atoms with Crippen molar-refractivity contribution in [3.8, 4) is 11.5 Å². The fourth-order valence-corrected chi connectivity index (χ4v) is 2.34. The van der Waals surface area contributed by atoms with Gasteiger partial charge in [0.1, 0.15) is 11.5 Å². The van der Waals surface area contributed by atoms with Gasteiger partial charge in [-0.25, -0.2) is 0 Å². The number of aromatic hydroxyl groups is 2. The Morgan fingerprint density at radius 1 is 1.12 bits per heavy atom. The largest absolute Gasteiger partial charge is 0.507 e. The maximum atomic E-state index is 9.87. The van der Waals surface area contributed by atoms with Gasteiger partial charge < -0.3 is 10.2 Å². The summed E-state index contributed by atoms with van der Waals surface area (Å²) in [6, 6.07) is 5.33. The highest BCUT2D eigenvalue weighted by Gasteiger charge is 2.23. The molecule has 0 aliphatic rings. The molecule has 0 saturated heterocycles. The van der Waals surface area contributed by atoms with E-state index in [4.69, 9.17) is 0 Å². The van der Waals surface area contributed by atoms with Gasteiger partial charge in [0.25, 0.3) is 0 Å². The van der Waals surface area contributed by atoms with Gasteiger partial charge in [0, 0.05) is 12.1 Å². The zero-order valence-electron chi connectivity index (χ0n) is 11.1. The zero-order valence-corrected chi connectivity index (χ0v) is 11.1. The molecule has 0 saturated carbocycles. The van der Waals surface area contributed by atoms with E-state index in [2.05, 4.69) is 25.7 Å². The van der Waals surface area contributed by atoms with Crippen LogP contribution in [0.25, 0.3) is 0 Å². The van der Waals surface area contributed by atoms with Crippen molar-refractivity contribution in [1.82, 2.24) is 4.90 Å². The number of rotatable bonds is 5. The van der Waals surface area contributed by atoms with Crippen molar-refractivity contribution in [1.29, 1.82) is 0 Å². The Labute approximate surface area is 104 Å². The van der Waals surface area contributed by atoms with Crippen LogP contribution in [0.3, 0.4) is 0 Å². The van der Waals surface area contributed by atoms with Crippen molar-refractivity contribution in [2.24, 2.45) is 0 Å². The molecule has 1 aromatic rings. The summed E-state index contributed by atoms with van der Waals surface area (Å²) >= 11 is 0. The second-order valence-electron chi connectivity index (χ2n) is 4.47. The number of phenolic OH excluding ortho intramolecular Hbond substituents is 2. The Morgan fingerprint density at radius 2 is 1.65 bits per heavy atom. The van der Waals surface area contributed by atoms with Crippen LogP contribution in [-0.2, 0) is 0 Å². The van der Waals surface area contributed by atoms with Gasteiger partial charge in [-0.1, -0.05) is 19.9 Å². The molecule has 1 rings (SSSR count). The summed E-state index contributed by atoms with van der Waals surface area (Å²) < 4.78 is 0. The lowest BCUT2D eigenvalue weighted by molar-refractivity contribution is 0.154.